The largest absolute Gasteiger partial charge is 0.507 e. The molecule has 4 amide bonds. The van der Waals surface area contributed by atoms with Gasteiger partial charge in [0.15, 0.2) is 0 Å². The number of hydrogen-bond acceptors (Lipinski definition) is 8. The molecule has 13 nitrogen and oxygen atoms in total. The number of carboxylic acids is 1. The van der Waals surface area contributed by atoms with Crippen LogP contribution in [0.15, 0.2) is 55.3 Å². The van der Waals surface area contributed by atoms with Crippen molar-refractivity contribution < 1.29 is 38.9 Å². The lowest BCUT2D eigenvalue weighted by molar-refractivity contribution is -0.137. The Balaban J connectivity index is 1.81. The van der Waals surface area contributed by atoms with Gasteiger partial charge in [0.2, 0.25) is 0 Å². The molecule has 2 aromatic rings. The molecule has 13 heteroatoms. The number of amides is 4. The molecule has 0 saturated heterocycles. The van der Waals surface area contributed by atoms with Gasteiger partial charge in [-0.1, -0.05) is 18.7 Å². The van der Waals surface area contributed by atoms with E-state index in [1.54, 1.807) is 18.3 Å². The van der Waals surface area contributed by atoms with Crippen LogP contribution >= 0.6 is 0 Å². The van der Waals surface area contributed by atoms with Crippen LogP contribution in [0.3, 0.4) is 0 Å². The van der Waals surface area contributed by atoms with E-state index < -0.39 is 42.3 Å². The minimum absolute atomic E-state index is 0.0828. The normalized spacial score (nSPS) is 10.9. The molecule has 0 bridgehead atoms. The topological polar surface area (TPSA) is 188 Å². The Morgan fingerprint density at radius 3 is 2.58 bits per heavy atom. The van der Waals surface area contributed by atoms with Crippen LogP contribution < -0.4 is 26.0 Å². The van der Waals surface area contributed by atoms with Gasteiger partial charge in [-0.2, -0.15) is 0 Å². The van der Waals surface area contributed by atoms with E-state index in [9.17, 15) is 24.3 Å². The number of nitrogens with zero attached hydrogens (tertiary/aromatic N) is 1. The average molecular weight is 501 g/mol. The van der Waals surface area contributed by atoms with Crippen LogP contribution in [0, 0.1) is 0 Å². The molecule has 1 atom stereocenters. The molecular weight excluding hydrogens is 474 g/mol. The van der Waals surface area contributed by atoms with E-state index in [-0.39, 0.29) is 37.6 Å². The number of rotatable bonds is 13. The highest BCUT2D eigenvalue weighted by Crippen LogP contribution is 2.23. The second kappa shape index (κ2) is 14.5. The van der Waals surface area contributed by atoms with E-state index in [4.69, 9.17) is 14.6 Å². The van der Waals surface area contributed by atoms with Gasteiger partial charge in [-0.3, -0.25) is 14.6 Å². The molecule has 1 heterocycles. The van der Waals surface area contributed by atoms with Crippen molar-refractivity contribution in [2.45, 2.75) is 19.1 Å². The number of nitrogens with one attached hydrogen (secondary N) is 4. The van der Waals surface area contributed by atoms with Crippen LogP contribution in [0.1, 0.15) is 22.5 Å². The minimum atomic E-state index is -1.29. The molecule has 36 heavy (non-hydrogen) atoms. The molecule has 0 aliphatic carbocycles. The third-order valence-electron chi connectivity index (χ3n) is 4.33. The molecule has 0 aliphatic heterocycles. The highest BCUT2D eigenvalue weighted by Gasteiger charge is 2.21. The van der Waals surface area contributed by atoms with Crippen LogP contribution in [0.4, 0.5) is 9.59 Å². The Labute approximate surface area is 206 Å². The SMILES string of the molecule is C=CCOC(=O)NC(CC(=O)O)NC(=O)c1ccc(OCCNC(=O)NCc2ccccn2)cc1O. The molecule has 0 fully saturated rings. The van der Waals surface area contributed by atoms with Crippen LogP contribution in [-0.4, -0.2) is 65.1 Å². The average Bonchev–Trinajstić information content (AvgIpc) is 2.84. The monoisotopic (exact) mass is 501 g/mol. The summed E-state index contributed by atoms with van der Waals surface area (Å²) in [5, 5.41) is 29.0. The second-order valence-electron chi connectivity index (χ2n) is 7.11. The molecule has 1 unspecified atom stereocenters. The number of carboxylic acid groups (broad SMARTS) is 1. The van der Waals surface area contributed by atoms with Gasteiger partial charge < -0.3 is 41.0 Å². The maximum atomic E-state index is 12.5. The highest BCUT2D eigenvalue weighted by atomic mass is 16.5. The Morgan fingerprint density at radius 1 is 1.11 bits per heavy atom. The van der Waals surface area contributed by atoms with E-state index in [0.29, 0.717) is 5.69 Å². The van der Waals surface area contributed by atoms with Crippen LogP contribution in [0.2, 0.25) is 0 Å². The molecule has 0 saturated carbocycles. The number of phenols is 1. The van der Waals surface area contributed by atoms with Gasteiger partial charge in [-0.05, 0) is 24.3 Å². The number of hydrogen-bond donors (Lipinski definition) is 6. The molecular formula is C23H27N5O8. The lowest BCUT2D eigenvalue weighted by Gasteiger charge is -2.18. The molecule has 1 aromatic heterocycles. The summed E-state index contributed by atoms with van der Waals surface area (Å²) in [6.07, 6.45) is 0.0749. The Kier molecular flexibility index (Phi) is 11.0. The first-order chi connectivity index (χ1) is 17.3. The summed E-state index contributed by atoms with van der Waals surface area (Å²) < 4.78 is 10.2. The van der Waals surface area contributed by atoms with Crippen molar-refractivity contribution in [2.75, 3.05) is 19.8 Å². The Hall–Kier alpha value is -4.81. The van der Waals surface area contributed by atoms with Gasteiger partial charge in [0.05, 0.1) is 30.8 Å². The van der Waals surface area contributed by atoms with Crippen molar-refractivity contribution in [3.8, 4) is 11.5 Å². The Morgan fingerprint density at radius 2 is 1.92 bits per heavy atom. The number of ether oxygens (including phenoxy) is 2. The number of benzene rings is 1. The standard InChI is InChI=1S/C23H27N5O8/c1-2-10-36-23(34)28-19(13-20(30)31)27-21(32)17-7-6-16(12-18(17)29)35-11-9-25-22(33)26-14-15-5-3-4-8-24-15/h2-8,12,19,29H,1,9-11,13-14H2,(H,27,32)(H,28,34)(H,30,31)(H2,25,26,33). The van der Waals surface area contributed by atoms with Gasteiger partial charge in [0.1, 0.15) is 30.9 Å². The first-order valence-corrected chi connectivity index (χ1v) is 10.7. The summed E-state index contributed by atoms with van der Waals surface area (Å²) >= 11 is 0. The number of aliphatic carboxylic acids is 1. The summed E-state index contributed by atoms with van der Waals surface area (Å²) in [5.41, 5.74) is 0.534. The molecule has 0 aliphatic rings. The van der Waals surface area contributed by atoms with Crippen molar-refractivity contribution in [1.29, 1.82) is 0 Å². The number of urea groups is 1. The fourth-order valence-electron chi connectivity index (χ4n) is 2.73. The van der Waals surface area contributed by atoms with Gasteiger partial charge >= 0.3 is 18.1 Å². The first-order valence-electron chi connectivity index (χ1n) is 10.7. The van der Waals surface area contributed by atoms with E-state index in [1.165, 1.54) is 24.3 Å². The summed E-state index contributed by atoms with van der Waals surface area (Å²) in [5.74, 6) is -2.32. The number of carbonyl (C=O) groups is 4. The lowest BCUT2D eigenvalue weighted by atomic mass is 10.1. The highest BCUT2D eigenvalue weighted by molar-refractivity contribution is 5.97. The summed E-state index contributed by atoms with van der Waals surface area (Å²) in [6, 6.07) is 8.82. The fraction of sp³-hybridized carbons (Fsp3) is 0.261. The van der Waals surface area contributed by atoms with Crippen LogP contribution in [0.5, 0.6) is 11.5 Å². The number of aromatic hydroxyl groups is 1. The molecule has 6 N–H and O–H groups in total. The van der Waals surface area contributed by atoms with E-state index in [1.807, 2.05) is 6.07 Å². The van der Waals surface area contributed by atoms with Crippen LogP contribution in [-0.2, 0) is 16.1 Å². The quantitative estimate of drug-likeness (QED) is 0.133. The zero-order chi connectivity index (χ0) is 26.3. The minimum Gasteiger partial charge on any atom is -0.507 e. The number of pyridine rings is 1. The van der Waals surface area contributed by atoms with Gasteiger partial charge in [0, 0.05) is 12.3 Å². The lowest BCUT2D eigenvalue weighted by Crippen LogP contribution is -2.49. The smallest absolute Gasteiger partial charge is 0.409 e. The summed E-state index contributed by atoms with van der Waals surface area (Å²) in [4.78, 5) is 51.1. The fourth-order valence-corrected chi connectivity index (χ4v) is 2.73. The summed E-state index contributed by atoms with van der Waals surface area (Å²) in [7, 11) is 0. The third-order valence-corrected chi connectivity index (χ3v) is 4.33. The Bertz CT molecular complexity index is 1060. The zero-order valence-corrected chi connectivity index (χ0v) is 19.2. The predicted octanol–water partition coefficient (Wildman–Crippen LogP) is 1.11. The predicted molar refractivity (Wildman–Crippen MR) is 126 cm³/mol. The van der Waals surface area contributed by atoms with E-state index >= 15 is 0 Å². The number of phenolic OH excluding ortho intramolecular Hbond substituents is 1. The van der Waals surface area contributed by atoms with Gasteiger partial charge in [-0.15, -0.1) is 0 Å². The van der Waals surface area contributed by atoms with Crippen molar-refractivity contribution in [2.24, 2.45) is 0 Å². The van der Waals surface area contributed by atoms with Crippen molar-refractivity contribution in [3.63, 3.8) is 0 Å². The van der Waals surface area contributed by atoms with E-state index in [2.05, 4.69) is 32.8 Å². The number of carbonyl (C=O) groups excluding carboxylic acids is 3. The van der Waals surface area contributed by atoms with Gasteiger partial charge in [0.25, 0.3) is 5.91 Å². The number of aromatic nitrogens is 1. The molecule has 0 radical (unpaired) electrons. The maximum Gasteiger partial charge on any atom is 0.409 e. The van der Waals surface area contributed by atoms with Crippen molar-refractivity contribution >= 4 is 24.0 Å². The first kappa shape index (κ1) is 27.4. The summed E-state index contributed by atoms with van der Waals surface area (Å²) in [6.45, 7) is 3.80. The van der Waals surface area contributed by atoms with Crippen molar-refractivity contribution in [3.05, 3.63) is 66.5 Å². The van der Waals surface area contributed by atoms with Crippen molar-refractivity contribution in [1.82, 2.24) is 26.3 Å². The van der Waals surface area contributed by atoms with Gasteiger partial charge in [-0.25, -0.2) is 9.59 Å². The molecule has 0 spiro atoms. The second-order valence-corrected chi connectivity index (χ2v) is 7.11. The molecule has 1 aromatic carbocycles. The maximum absolute atomic E-state index is 12.5. The zero-order valence-electron chi connectivity index (χ0n) is 19.2. The van der Waals surface area contributed by atoms with E-state index in [0.717, 1.165) is 0 Å². The van der Waals surface area contributed by atoms with Crippen LogP contribution in [0.25, 0.3) is 0 Å². The molecule has 2 rings (SSSR count). The molecule has 192 valence electrons. The number of alkyl carbamates (subject to hydrolysis) is 1. The third kappa shape index (κ3) is 9.99.